The minimum absolute atomic E-state index is 0.100. The number of carbonyl (C=O) groups is 1. The van der Waals surface area contributed by atoms with Gasteiger partial charge in [0.1, 0.15) is 0 Å². The fourth-order valence-electron chi connectivity index (χ4n) is 4.00. The van der Waals surface area contributed by atoms with Gasteiger partial charge < -0.3 is 14.0 Å². The molecule has 0 unspecified atom stereocenters. The number of thiazole rings is 1. The Morgan fingerprint density at radius 3 is 2.28 bits per heavy atom. The number of carbonyl (C=O) groups excluding carboxylic acids is 1. The molecular formula is C26H29N3O5S2. The van der Waals surface area contributed by atoms with Gasteiger partial charge in [0.25, 0.3) is 5.91 Å². The lowest BCUT2D eigenvalue weighted by Gasteiger charge is -2.21. The van der Waals surface area contributed by atoms with Crippen molar-refractivity contribution in [3.63, 3.8) is 0 Å². The number of rotatable bonds is 10. The Labute approximate surface area is 214 Å². The van der Waals surface area contributed by atoms with E-state index >= 15 is 0 Å². The normalized spacial score (nSPS) is 12.7. The van der Waals surface area contributed by atoms with E-state index in [9.17, 15) is 13.2 Å². The van der Waals surface area contributed by atoms with Crippen molar-refractivity contribution in [2.45, 2.75) is 18.4 Å². The van der Waals surface area contributed by atoms with Gasteiger partial charge in [-0.05, 0) is 42.6 Å². The highest BCUT2D eigenvalue weighted by molar-refractivity contribution is 7.89. The monoisotopic (exact) mass is 527 g/mol. The van der Waals surface area contributed by atoms with Gasteiger partial charge in [0.05, 0.1) is 28.3 Å². The van der Waals surface area contributed by atoms with Gasteiger partial charge in [-0.15, -0.1) is 0 Å². The van der Waals surface area contributed by atoms with Gasteiger partial charge in [-0.25, -0.2) is 8.42 Å². The molecule has 0 N–H and O–H groups in total. The molecule has 0 aliphatic heterocycles. The maximum absolute atomic E-state index is 13.1. The molecular weight excluding hydrogens is 498 g/mol. The maximum atomic E-state index is 13.1. The van der Waals surface area contributed by atoms with Crippen LogP contribution in [0.15, 0.2) is 70.6 Å². The molecule has 36 heavy (non-hydrogen) atoms. The van der Waals surface area contributed by atoms with E-state index < -0.39 is 15.9 Å². The Balaban J connectivity index is 1.66. The van der Waals surface area contributed by atoms with Crippen molar-refractivity contribution in [1.82, 2.24) is 8.87 Å². The largest absolute Gasteiger partial charge is 0.383 e. The number of benzene rings is 3. The SMILES string of the molecule is CCn1c(=NC(=O)c2ccc(S(=O)(=O)N(CCOC)CCOC)cc2)sc2c3ccccc3ccc21. The minimum Gasteiger partial charge on any atom is -0.383 e. The van der Waals surface area contributed by atoms with Crippen LogP contribution in [-0.4, -0.2) is 63.7 Å². The third-order valence-electron chi connectivity index (χ3n) is 5.92. The molecule has 0 aliphatic rings. The van der Waals surface area contributed by atoms with Crippen molar-refractivity contribution >= 4 is 48.3 Å². The highest BCUT2D eigenvalue weighted by atomic mass is 32.2. The number of hydrogen-bond donors (Lipinski definition) is 0. The average molecular weight is 528 g/mol. The Hall–Kier alpha value is -2.89. The summed E-state index contributed by atoms with van der Waals surface area (Å²) < 4.78 is 40.7. The van der Waals surface area contributed by atoms with Crippen LogP contribution < -0.4 is 4.80 Å². The molecule has 0 radical (unpaired) electrons. The maximum Gasteiger partial charge on any atom is 0.279 e. The topological polar surface area (TPSA) is 90.2 Å². The van der Waals surface area contributed by atoms with Crippen LogP contribution in [0.2, 0.25) is 0 Å². The van der Waals surface area contributed by atoms with Gasteiger partial charge in [0.15, 0.2) is 4.80 Å². The number of ether oxygens (including phenoxy) is 2. The predicted molar refractivity (Wildman–Crippen MR) is 142 cm³/mol. The van der Waals surface area contributed by atoms with Gasteiger partial charge in [0, 0.05) is 44.8 Å². The summed E-state index contributed by atoms with van der Waals surface area (Å²) in [4.78, 5) is 18.1. The quantitative estimate of drug-likeness (QED) is 0.312. The van der Waals surface area contributed by atoms with Crippen LogP contribution in [0.5, 0.6) is 0 Å². The molecule has 0 fully saturated rings. The Morgan fingerprint density at radius 1 is 0.972 bits per heavy atom. The highest BCUT2D eigenvalue weighted by Gasteiger charge is 2.24. The third kappa shape index (κ3) is 5.28. The summed E-state index contributed by atoms with van der Waals surface area (Å²) in [5, 5.41) is 2.26. The number of methoxy groups -OCH3 is 2. The van der Waals surface area contributed by atoms with E-state index in [-0.39, 0.29) is 31.2 Å². The number of hydrogen-bond acceptors (Lipinski definition) is 6. The van der Waals surface area contributed by atoms with Crippen molar-refractivity contribution in [1.29, 1.82) is 0 Å². The summed E-state index contributed by atoms with van der Waals surface area (Å²) in [5.74, 6) is -0.423. The van der Waals surface area contributed by atoms with Gasteiger partial charge in [-0.1, -0.05) is 41.7 Å². The van der Waals surface area contributed by atoms with Crippen LogP contribution in [0, 0.1) is 0 Å². The molecule has 0 bridgehead atoms. The summed E-state index contributed by atoms with van der Waals surface area (Å²) in [6.07, 6.45) is 0. The molecule has 10 heteroatoms. The molecule has 0 spiro atoms. The van der Waals surface area contributed by atoms with Crippen molar-refractivity contribution < 1.29 is 22.7 Å². The fraction of sp³-hybridized carbons (Fsp3) is 0.308. The second kappa shape index (κ2) is 11.4. The van der Waals surface area contributed by atoms with E-state index in [2.05, 4.69) is 29.3 Å². The molecule has 190 valence electrons. The van der Waals surface area contributed by atoms with Gasteiger partial charge in [0.2, 0.25) is 10.0 Å². The van der Waals surface area contributed by atoms with Gasteiger partial charge >= 0.3 is 0 Å². The lowest BCUT2D eigenvalue weighted by Crippen LogP contribution is -2.36. The van der Waals surface area contributed by atoms with Crippen LogP contribution in [0.4, 0.5) is 0 Å². The number of fused-ring (bicyclic) bond motifs is 3. The van der Waals surface area contributed by atoms with Crippen LogP contribution >= 0.6 is 11.3 Å². The lowest BCUT2D eigenvalue weighted by molar-refractivity contribution is 0.0997. The van der Waals surface area contributed by atoms with E-state index in [0.29, 0.717) is 16.9 Å². The zero-order chi connectivity index (χ0) is 25.7. The lowest BCUT2D eigenvalue weighted by atomic mass is 10.1. The standard InChI is InChI=1S/C26H29N3O5S2/c1-4-29-23-14-11-19-7-5-6-8-22(19)24(23)35-26(29)27-25(30)20-9-12-21(13-10-20)36(31,32)28(15-17-33-2)16-18-34-3/h5-14H,4,15-18H2,1-3H3. The first kappa shape index (κ1) is 26.2. The fourth-order valence-corrected chi connectivity index (χ4v) is 6.63. The second-order valence-electron chi connectivity index (χ2n) is 8.09. The summed E-state index contributed by atoms with van der Waals surface area (Å²) in [6, 6.07) is 18.2. The van der Waals surface area contributed by atoms with E-state index in [4.69, 9.17) is 9.47 Å². The molecule has 1 amide bonds. The summed E-state index contributed by atoms with van der Waals surface area (Å²) >= 11 is 1.48. The van der Waals surface area contributed by atoms with Gasteiger partial charge in [-0.2, -0.15) is 9.30 Å². The van der Waals surface area contributed by atoms with Crippen LogP contribution in [0.25, 0.3) is 21.0 Å². The molecule has 8 nitrogen and oxygen atoms in total. The van der Waals surface area contributed by atoms with Crippen molar-refractivity contribution in [2.24, 2.45) is 4.99 Å². The molecule has 0 saturated heterocycles. The molecule has 1 heterocycles. The summed E-state index contributed by atoms with van der Waals surface area (Å²) in [7, 11) is -0.726. The molecule has 0 aliphatic carbocycles. The van der Waals surface area contributed by atoms with Gasteiger partial charge in [-0.3, -0.25) is 4.79 Å². The first-order valence-electron chi connectivity index (χ1n) is 11.6. The molecule has 0 saturated carbocycles. The number of aromatic nitrogens is 1. The Kier molecular flexibility index (Phi) is 8.32. The van der Waals surface area contributed by atoms with Crippen LogP contribution in [-0.2, 0) is 26.0 Å². The second-order valence-corrected chi connectivity index (χ2v) is 11.0. The Bertz CT molecular complexity index is 1530. The summed E-state index contributed by atoms with van der Waals surface area (Å²) in [5.41, 5.74) is 1.35. The van der Waals surface area contributed by atoms with Crippen molar-refractivity contribution in [3.05, 3.63) is 71.0 Å². The van der Waals surface area contributed by atoms with E-state index in [1.54, 1.807) is 0 Å². The zero-order valence-electron chi connectivity index (χ0n) is 20.5. The predicted octanol–water partition coefficient (Wildman–Crippen LogP) is 3.90. The number of amides is 1. The molecule has 3 aromatic carbocycles. The molecule has 0 atom stereocenters. The number of aryl methyl sites for hydroxylation is 1. The Morgan fingerprint density at radius 2 is 1.64 bits per heavy atom. The number of nitrogens with zero attached hydrogens (tertiary/aromatic N) is 3. The first-order chi connectivity index (χ1) is 17.4. The van der Waals surface area contributed by atoms with E-state index in [0.717, 1.165) is 21.0 Å². The molecule has 4 rings (SSSR count). The van der Waals surface area contributed by atoms with E-state index in [1.807, 2.05) is 23.6 Å². The third-order valence-corrected chi connectivity index (χ3v) is 8.96. The minimum atomic E-state index is -3.77. The van der Waals surface area contributed by atoms with E-state index in [1.165, 1.54) is 54.1 Å². The van der Waals surface area contributed by atoms with Crippen LogP contribution in [0.1, 0.15) is 17.3 Å². The van der Waals surface area contributed by atoms with Crippen molar-refractivity contribution in [2.75, 3.05) is 40.5 Å². The molecule has 1 aromatic heterocycles. The average Bonchev–Trinajstić information content (AvgIpc) is 3.26. The van der Waals surface area contributed by atoms with Crippen LogP contribution in [0.3, 0.4) is 0 Å². The smallest absolute Gasteiger partial charge is 0.279 e. The molecule has 4 aromatic rings. The zero-order valence-corrected chi connectivity index (χ0v) is 22.1. The summed E-state index contributed by atoms with van der Waals surface area (Å²) in [6.45, 7) is 3.62. The van der Waals surface area contributed by atoms with Crippen molar-refractivity contribution in [3.8, 4) is 0 Å². The number of sulfonamides is 1. The first-order valence-corrected chi connectivity index (χ1v) is 13.8. The highest BCUT2D eigenvalue weighted by Crippen LogP contribution is 2.27.